The average Bonchev–Trinajstić information content (AvgIpc) is 3.71. The highest BCUT2D eigenvalue weighted by molar-refractivity contribution is 7.09. The number of piperidine rings is 1. The first-order chi connectivity index (χ1) is 27.2. The predicted octanol–water partition coefficient (Wildman–Crippen LogP) is 6.20. The number of thiazole rings is 1. The number of aliphatic hydroxyl groups is 1. The summed E-state index contributed by atoms with van der Waals surface area (Å²) < 4.78 is 5.42. The maximum atomic E-state index is 14.5. The number of carboxylic acids is 1. The summed E-state index contributed by atoms with van der Waals surface area (Å²) in [7, 11) is 3.52. The summed E-state index contributed by atoms with van der Waals surface area (Å²) in [6.07, 6.45) is 3.16. The molecule has 0 aliphatic carbocycles. The van der Waals surface area contributed by atoms with Crippen LogP contribution in [0, 0.1) is 17.8 Å². The van der Waals surface area contributed by atoms with Crippen LogP contribution in [0.1, 0.15) is 100 Å². The molecule has 7 unspecified atom stereocenters. The van der Waals surface area contributed by atoms with E-state index in [2.05, 4.69) is 20.5 Å². The Balaban J connectivity index is 1.49. The number of carbonyl (C=O) groups excluding carboxylic acids is 3. The lowest BCUT2D eigenvalue weighted by molar-refractivity contribution is -0.143. The number of nitrogens with zero attached hydrogens (tertiary/aromatic N) is 3. The molecule has 0 saturated carbocycles. The summed E-state index contributed by atoms with van der Waals surface area (Å²) >= 11 is 1.16. The first-order valence-electron chi connectivity index (χ1n) is 20.3. The van der Waals surface area contributed by atoms with Gasteiger partial charge in [-0.1, -0.05) is 102 Å². The summed E-state index contributed by atoms with van der Waals surface area (Å²) in [5.74, 6) is -2.65. The summed E-state index contributed by atoms with van der Waals surface area (Å²) in [6, 6.07) is 16.1. The second-order valence-electron chi connectivity index (χ2n) is 15.9. The van der Waals surface area contributed by atoms with Crippen molar-refractivity contribution < 1.29 is 34.1 Å². The van der Waals surface area contributed by atoms with Gasteiger partial charge in [0.15, 0.2) is 0 Å². The number of carboxylic acid groups (broad SMARTS) is 1. The van der Waals surface area contributed by atoms with E-state index in [0.29, 0.717) is 17.8 Å². The van der Waals surface area contributed by atoms with Gasteiger partial charge in [0.25, 0.3) is 5.91 Å². The average molecular weight is 806 g/mol. The van der Waals surface area contributed by atoms with Gasteiger partial charge in [-0.05, 0) is 67.8 Å². The van der Waals surface area contributed by atoms with Gasteiger partial charge in [0.05, 0.1) is 18.6 Å². The molecule has 0 radical (unpaired) electrons. The van der Waals surface area contributed by atoms with Crippen molar-refractivity contribution >= 4 is 35.0 Å². The van der Waals surface area contributed by atoms with Crippen LogP contribution in [-0.4, -0.2) is 107 Å². The lowest BCUT2D eigenvalue weighted by atomic mass is 9.92. The molecule has 12 nitrogen and oxygen atoms in total. The van der Waals surface area contributed by atoms with Crippen LogP contribution in [0.5, 0.6) is 0 Å². The molecule has 0 spiro atoms. The van der Waals surface area contributed by atoms with Crippen LogP contribution < -0.4 is 10.6 Å². The van der Waals surface area contributed by atoms with E-state index in [1.807, 2.05) is 89.3 Å². The number of aliphatic hydroxyl groups excluding tert-OH is 1. The van der Waals surface area contributed by atoms with E-state index < -0.39 is 42.0 Å². The minimum Gasteiger partial charge on any atom is -0.481 e. The van der Waals surface area contributed by atoms with Crippen molar-refractivity contribution in [3.8, 4) is 11.1 Å². The summed E-state index contributed by atoms with van der Waals surface area (Å²) in [5.41, 5.74) is 3.23. The molecule has 3 aromatic rings. The monoisotopic (exact) mass is 805 g/mol. The molecule has 3 amide bonds. The van der Waals surface area contributed by atoms with Gasteiger partial charge in [0, 0.05) is 37.5 Å². The van der Waals surface area contributed by atoms with Crippen molar-refractivity contribution in [2.45, 2.75) is 110 Å². The second kappa shape index (κ2) is 22.1. The van der Waals surface area contributed by atoms with E-state index >= 15 is 0 Å². The molecule has 7 atom stereocenters. The minimum absolute atomic E-state index is 0.0697. The highest BCUT2D eigenvalue weighted by Gasteiger charge is 2.38. The number of methoxy groups -OCH3 is 1. The first-order valence-corrected chi connectivity index (χ1v) is 21.2. The maximum Gasteiger partial charge on any atom is 0.306 e. The van der Waals surface area contributed by atoms with Gasteiger partial charge in [-0.3, -0.25) is 24.1 Å². The quantitative estimate of drug-likeness (QED) is 0.0983. The van der Waals surface area contributed by atoms with Crippen LogP contribution in [0.2, 0.25) is 0 Å². The van der Waals surface area contributed by atoms with E-state index in [1.165, 1.54) is 0 Å². The number of carbonyl (C=O) groups is 4. The Morgan fingerprint density at radius 3 is 2.28 bits per heavy atom. The van der Waals surface area contributed by atoms with Crippen molar-refractivity contribution in [2.24, 2.45) is 17.8 Å². The van der Waals surface area contributed by atoms with Gasteiger partial charge in [-0.2, -0.15) is 0 Å². The Kier molecular flexibility index (Phi) is 17.7. The molecule has 1 aliphatic heterocycles. The van der Waals surface area contributed by atoms with Gasteiger partial charge in [0.1, 0.15) is 22.8 Å². The first kappa shape index (κ1) is 45.5. The predicted molar refractivity (Wildman–Crippen MR) is 224 cm³/mol. The lowest BCUT2D eigenvalue weighted by Crippen LogP contribution is -2.59. The maximum absolute atomic E-state index is 14.5. The lowest BCUT2D eigenvalue weighted by Gasteiger charge is -2.39. The number of amides is 3. The summed E-state index contributed by atoms with van der Waals surface area (Å²) in [6.45, 7) is 11.0. The van der Waals surface area contributed by atoms with E-state index in [-0.39, 0.29) is 61.4 Å². The number of aliphatic carboxylic acids is 1. The molecule has 0 bridgehead atoms. The van der Waals surface area contributed by atoms with Gasteiger partial charge in [-0.25, -0.2) is 4.98 Å². The van der Waals surface area contributed by atoms with Gasteiger partial charge < -0.3 is 30.5 Å². The number of rotatable bonds is 21. The fraction of sp³-hybridized carbons (Fsp3) is 0.568. The van der Waals surface area contributed by atoms with Crippen LogP contribution >= 0.6 is 11.3 Å². The number of nitrogens with one attached hydrogen (secondary N) is 2. The zero-order valence-electron chi connectivity index (χ0n) is 34.6. The smallest absolute Gasteiger partial charge is 0.306 e. The van der Waals surface area contributed by atoms with Crippen LogP contribution in [0.15, 0.2) is 60.0 Å². The van der Waals surface area contributed by atoms with Crippen molar-refractivity contribution in [1.29, 1.82) is 0 Å². The standard InChI is InChI=1S/C44H63N5O7S/c1-8-29(4)39(47-41(52)36-16-12-13-21-48(36)6)43(53)49(22-23-56-7)37(28(2)3)26-38(50)42-46-35(27-57-42)40(51)45-34(24-30(5)44(54)55)25-31-17-19-33(20-18-31)32-14-10-9-11-15-32/h9-11,14-15,17-20,27-30,34,36-39,50H,8,12-13,16,21-26H2,1-7H3,(H,45,51)(H,47,52)(H,54,55). The van der Waals surface area contributed by atoms with Gasteiger partial charge >= 0.3 is 5.97 Å². The SMILES string of the molecule is CCC(C)C(NC(=O)C1CCCCN1C)C(=O)N(CCOC)C(CC(O)c1nc(C(=O)NC(Cc2ccc(-c3ccccc3)cc2)CC(C)C(=O)O)cs1)C(C)C. The molecular formula is C44H63N5O7S. The molecule has 2 aromatic carbocycles. The van der Waals surface area contributed by atoms with E-state index in [9.17, 15) is 29.4 Å². The van der Waals surface area contributed by atoms with Crippen molar-refractivity contribution in [3.63, 3.8) is 0 Å². The largest absolute Gasteiger partial charge is 0.481 e. The van der Waals surface area contributed by atoms with Gasteiger partial charge in [-0.15, -0.1) is 11.3 Å². The third-order valence-electron chi connectivity index (χ3n) is 11.3. The number of ether oxygens (including phenoxy) is 1. The normalized spacial score (nSPS) is 17.9. The number of aromatic nitrogens is 1. The summed E-state index contributed by atoms with van der Waals surface area (Å²) in [5, 5.41) is 29.3. The Hall–Kier alpha value is -4.17. The van der Waals surface area contributed by atoms with Crippen LogP contribution in [-0.2, 0) is 25.5 Å². The number of likely N-dealkylation sites (tertiary alicyclic amines) is 1. The molecule has 57 heavy (non-hydrogen) atoms. The molecule has 4 rings (SSSR count). The molecule has 2 heterocycles. The van der Waals surface area contributed by atoms with E-state index in [0.717, 1.165) is 53.8 Å². The molecule has 1 fully saturated rings. The van der Waals surface area contributed by atoms with E-state index in [1.54, 1.807) is 24.3 Å². The number of likely N-dealkylation sites (N-methyl/N-ethyl adjacent to an activating group) is 1. The van der Waals surface area contributed by atoms with Crippen molar-refractivity contribution in [3.05, 3.63) is 76.2 Å². The van der Waals surface area contributed by atoms with Crippen molar-refractivity contribution in [2.75, 3.05) is 33.9 Å². The number of hydrogen-bond donors (Lipinski definition) is 4. The Morgan fingerprint density at radius 1 is 0.982 bits per heavy atom. The molecule has 1 aromatic heterocycles. The topological polar surface area (TPSA) is 161 Å². The fourth-order valence-electron chi connectivity index (χ4n) is 7.51. The third-order valence-corrected chi connectivity index (χ3v) is 12.2. The number of hydrogen-bond acceptors (Lipinski definition) is 9. The molecule has 312 valence electrons. The summed E-state index contributed by atoms with van der Waals surface area (Å²) in [4.78, 5) is 61.8. The third kappa shape index (κ3) is 12.9. The number of benzene rings is 2. The Morgan fingerprint density at radius 2 is 1.67 bits per heavy atom. The van der Waals surface area contributed by atoms with E-state index in [4.69, 9.17) is 4.74 Å². The van der Waals surface area contributed by atoms with Gasteiger partial charge in [0.2, 0.25) is 11.8 Å². The molecule has 1 saturated heterocycles. The van der Waals surface area contributed by atoms with Crippen LogP contribution in [0.25, 0.3) is 11.1 Å². The van der Waals surface area contributed by atoms with Crippen LogP contribution in [0.3, 0.4) is 0 Å². The van der Waals surface area contributed by atoms with Crippen molar-refractivity contribution in [1.82, 2.24) is 25.4 Å². The molecular weight excluding hydrogens is 743 g/mol. The molecule has 1 aliphatic rings. The minimum atomic E-state index is -1.08. The fourth-order valence-corrected chi connectivity index (χ4v) is 8.31. The Bertz CT molecular complexity index is 1740. The highest BCUT2D eigenvalue weighted by Crippen LogP contribution is 2.29. The van der Waals surface area contributed by atoms with Crippen LogP contribution in [0.4, 0.5) is 0 Å². The highest BCUT2D eigenvalue weighted by atomic mass is 32.1. The molecule has 13 heteroatoms. The zero-order chi connectivity index (χ0) is 41.6. The second-order valence-corrected chi connectivity index (χ2v) is 16.8. The zero-order valence-corrected chi connectivity index (χ0v) is 35.5. The molecule has 4 N–H and O–H groups in total. The Labute approximate surface area is 342 Å².